The number of carbonyl (C=O) groups is 2. The number of aromatic nitrogens is 3. The highest BCUT2D eigenvalue weighted by Crippen LogP contribution is 2.29. The van der Waals surface area contributed by atoms with E-state index in [0.29, 0.717) is 22.8 Å². The van der Waals surface area contributed by atoms with E-state index in [0.717, 1.165) is 5.56 Å². The van der Waals surface area contributed by atoms with Crippen molar-refractivity contribution in [2.75, 3.05) is 11.1 Å². The maximum Gasteiger partial charge on any atom is 0.254 e. The molecule has 0 aliphatic rings. The third-order valence-electron chi connectivity index (χ3n) is 4.64. The molecular formula is C21H26N6O3. The van der Waals surface area contributed by atoms with Crippen LogP contribution in [0.4, 0.5) is 11.6 Å². The molecule has 2 aromatic heterocycles. The molecule has 0 spiro atoms. The Balaban J connectivity index is 1.76. The fourth-order valence-electron chi connectivity index (χ4n) is 3.06. The van der Waals surface area contributed by atoms with Gasteiger partial charge in [-0.2, -0.15) is 5.10 Å². The number of nitrogens with one attached hydrogen (secondary N) is 1. The molecular weight excluding hydrogens is 384 g/mol. The van der Waals surface area contributed by atoms with E-state index in [1.165, 1.54) is 0 Å². The van der Waals surface area contributed by atoms with E-state index in [4.69, 9.17) is 16.0 Å². The van der Waals surface area contributed by atoms with Gasteiger partial charge in [0.25, 0.3) is 5.91 Å². The van der Waals surface area contributed by atoms with Gasteiger partial charge in [0.2, 0.25) is 5.91 Å². The molecule has 9 heteroatoms. The van der Waals surface area contributed by atoms with Gasteiger partial charge in [0.15, 0.2) is 5.82 Å². The first-order valence-corrected chi connectivity index (χ1v) is 9.71. The monoisotopic (exact) mass is 410 g/mol. The van der Waals surface area contributed by atoms with Crippen LogP contribution in [0.5, 0.6) is 0 Å². The van der Waals surface area contributed by atoms with Crippen molar-refractivity contribution < 1.29 is 14.1 Å². The number of hydrogen-bond acceptors (Lipinski definition) is 6. The van der Waals surface area contributed by atoms with Crippen molar-refractivity contribution in [3.05, 3.63) is 47.2 Å². The minimum absolute atomic E-state index is 0.0208. The number of benzene rings is 1. The van der Waals surface area contributed by atoms with Crippen LogP contribution in [-0.4, -0.2) is 26.8 Å². The normalized spacial score (nSPS) is 11.3. The van der Waals surface area contributed by atoms with Crippen LogP contribution in [0, 0.1) is 0 Å². The van der Waals surface area contributed by atoms with E-state index in [1.54, 1.807) is 35.0 Å². The van der Waals surface area contributed by atoms with Crippen LogP contribution >= 0.6 is 0 Å². The molecule has 0 atom stereocenters. The summed E-state index contributed by atoms with van der Waals surface area (Å²) in [6, 6.07) is 8.86. The second-order valence-electron chi connectivity index (χ2n) is 7.70. The van der Waals surface area contributed by atoms with Gasteiger partial charge in [-0.05, 0) is 19.4 Å². The van der Waals surface area contributed by atoms with Crippen LogP contribution in [0.2, 0.25) is 0 Å². The average molecular weight is 410 g/mol. The Morgan fingerprint density at radius 2 is 1.83 bits per heavy atom. The summed E-state index contributed by atoms with van der Waals surface area (Å²) < 4.78 is 6.75. The molecule has 9 nitrogen and oxygen atoms in total. The van der Waals surface area contributed by atoms with Gasteiger partial charge in [-0.25, -0.2) is 4.68 Å². The third-order valence-corrected chi connectivity index (χ3v) is 4.64. The summed E-state index contributed by atoms with van der Waals surface area (Å²) in [7, 11) is 0. The molecule has 0 fully saturated rings. The lowest BCUT2D eigenvalue weighted by atomic mass is 10.0. The Morgan fingerprint density at radius 1 is 1.17 bits per heavy atom. The predicted molar refractivity (Wildman–Crippen MR) is 114 cm³/mol. The molecule has 0 radical (unpaired) electrons. The first kappa shape index (κ1) is 21.1. The minimum Gasteiger partial charge on any atom is -0.383 e. The molecule has 5 N–H and O–H groups in total. The molecule has 3 aromatic rings. The number of nitrogens with two attached hydrogens (primary N) is 2. The van der Waals surface area contributed by atoms with Gasteiger partial charge in [-0.1, -0.05) is 43.3 Å². The molecule has 0 saturated carbocycles. The maximum atomic E-state index is 12.3. The van der Waals surface area contributed by atoms with Crippen LogP contribution in [0.3, 0.4) is 0 Å². The number of rotatable bonds is 7. The number of amides is 2. The van der Waals surface area contributed by atoms with Gasteiger partial charge < -0.3 is 21.3 Å². The standard InChI is InChI=1S/C21H26N6O3/c1-11(2)15-10-16(26-30-15)24-17(28)9-13-5-7-14(8-6-13)19-18(21(23)29)20(22)27(25-19)12(3)4/h5-8,10-12H,9,22H2,1-4H3,(H2,23,29)(H,24,26,28). The average Bonchev–Trinajstić information content (AvgIpc) is 3.27. The summed E-state index contributed by atoms with van der Waals surface area (Å²) in [5.74, 6) is 0.684. The second kappa shape index (κ2) is 8.40. The quantitative estimate of drug-likeness (QED) is 0.546. The molecule has 30 heavy (non-hydrogen) atoms. The zero-order chi connectivity index (χ0) is 22.0. The highest BCUT2D eigenvalue weighted by molar-refractivity contribution is 6.03. The van der Waals surface area contributed by atoms with Crippen molar-refractivity contribution in [3.63, 3.8) is 0 Å². The zero-order valence-corrected chi connectivity index (χ0v) is 17.5. The van der Waals surface area contributed by atoms with Crippen LogP contribution < -0.4 is 16.8 Å². The summed E-state index contributed by atoms with van der Waals surface area (Å²) in [5, 5.41) is 11.0. The molecule has 0 saturated heterocycles. The lowest BCUT2D eigenvalue weighted by Gasteiger charge is -2.07. The molecule has 2 heterocycles. The predicted octanol–water partition coefficient (Wildman–Crippen LogP) is 3.10. The lowest BCUT2D eigenvalue weighted by molar-refractivity contribution is -0.115. The molecule has 0 unspecified atom stereocenters. The Bertz CT molecular complexity index is 1060. The van der Waals surface area contributed by atoms with Gasteiger partial charge >= 0.3 is 0 Å². The number of carbonyl (C=O) groups excluding carboxylic acids is 2. The minimum atomic E-state index is -0.633. The number of nitrogen functional groups attached to an aromatic ring is 1. The summed E-state index contributed by atoms with van der Waals surface area (Å²) in [4.78, 5) is 24.2. The van der Waals surface area contributed by atoms with E-state index in [2.05, 4.69) is 15.6 Å². The topological polar surface area (TPSA) is 142 Å². The fraction of sp³-hybridized carbons (Fsp3) is 0.333. The van der Waals surface area contributed by atoms with Crippen molar-refractivity contribution in [1.29, 1.82) is 0 Å². The number of nitrogens with zero attached hydrogens (tertiary/aromatic N) is 3. The van der Waals surface area contributed by atoms with Crippen molar-refractivity contribution in [2.24, 2.45) is 5.73 Å². The fourth-order valence-corrected chi connectivity index (χ4v) is 3.06. The summed E-state index contributed by atoms with van der Waals surface area (Å²) in [6.45, 7) is 7.79. The van der Waals surface area contributed by atoms with Crippen LogP contribution in [-0.2, 0) is 11.2 Å². The molecule has 2 amide bonds. The van der Waals surface area contributed by atoms with Crippen molar-refractivity contribution >= 4 is 23.5 Å². The van der Waals surface area contributed by atoms with E-state index < -0.39 is 5.91 Å². The Hall–Kier alpha value is -3.62. The smallest absolute Gasteiger partial charge is 0.254 e. The Morgan fingerprint density at radius 3 is 2.37 bits per heavy atom. The van der Waals surface area contributed by atoms with E-state index in [9.17, 15) is 9.59 Å². The second-order valence-corrected chi connectivity index (χ2v) is 7.70. The van der Waals surface area contributed by atoms with Crippen molar-refractivity contribution in [2.45, 2.75) is 46.1 Å². The van der Waals surface area contributed by atoms with Crippen molar-refractivity contribution in [3.8, 4) is 11.3 Å². The molecule has 0 bridgehead atoms. The molecule has 0 aliphatic carbocycles. The summed E-state index contributed by atoms with van der Waals surface area (Å²) in [6.07, 6.45) is 0.162. The zero-order valence-electron chi connectivity index (χ0n) is 17.5. The first-order chi connectivity index (χ1) is 14.2. The summed E-state index contributed by atoms with van der Waals surface area (Å²) in [5.41, 5.74) is 13.7. The van der Waals surface area contributed by atoms with Crippen LogP contribution in [0.1, 0.15) is 61.3 Å². The molecule has 158 valence electrons. The Kier molecular flexibility index (Phi) is 5.91. The van der Waals surface area contributed by atoms with E-state index in [-0.39, 0.29) is 35.7 Å². The third kappa shape index (κ3) is 4.35. The highest BCUT2D eigenvalue weighted by atomic mass is 16.5. The number of hydrogen-bond donors (Lipinski definition) is 3. The number of primary amides is 1. The van der Waals surface area contributed by atoms with E-state index >= 15 is 0 Å². The van der Waals surface area contributed by atoms with Gasteiger partial charge in [-0.15, -0.1) is 0 Å². The molecule has 0 aliphatic heterocycles. The molecule has 1 aromatic carbocycles. The summed E-state index contributed by atoms with van der Waals surface area (Å²) >= 11 is 0. The van der Waals surface area contributed by atoms with Gasteiger partial charge in [-0.3, -0.25) is 9.59 Å². The SMILES string of the molecule is CC(C)c1cc(NC(=O)Cc2ccc(-c3nn(C(C)C)c(N)c3C(N)=O)cc2)no1. The van der Waals surface area contributed by atoms with E-state index in [1.807, 2.05) is 27.7 Å². The largest absolute Gasteiger partial charge is 0.383 e. The molecule has 3 rings (SSSR count). The lowest BCUT2D eigenvalue weighted by Crippen LogP contribution is -2.15. The van der Waals surface area contributed by atoms with Gasteiger partial charge in [0.1, 0.15) is 22.8 Å². The first-order valence-electron chi connectivity index (χ1n) is 9.71. The van der Waals surface area contributed by atoms with Gasteiger partial charge in [0.05, 0.1) is 6.42 Å². The highest BCUT2D eigenvalue weighted by Gasteiger charge is 2.22. The van der Waals surface area contributed by atoms with Crippen LogP contribution in [0.15, 0.2) is 34.9 Å². The number of anilines is 2. The van der Waals surface area contributed by atoms with Gasteiger partial charge in [0, 0.05) is 23.6 Å². The Labute approximate surface area is 174 Å². The maximum absolute atomic E-state index is 12.3. The van der Waals surface area contributed by atoms with Crippen molar-refractivity contribution in [1.82, 2.24) is 14.9 Å². The van der Waals surface area contributed by atoms with Crippen LogP contribution in [0.25, 0.3) is 11.3 Å².